The lowest BCUT2D eigenvalue weighted by molar-refractivity contribution is 0.239. The first kappa shape index (κ1) is 45.0. The van der Waals surface area contributed by atoms with Crippen molar-refractivity contribution in [2.75, 3.05) is 13.1 Å². The first-order chi connectivity index (χ1) is 33.4. The summed E-state index contributed by atoms with van der Waals surface area (Å²) in [6.45, 7) is 9.30. The van der Waals surface area contributed by atoms with Gasteiger partial charge in [-0.05, 0) is 118 Å². The van der Waals surface area contributed by atoms with Gasteiger partial charge < -0.3 is 9.13 Å². The van der Waals surface area contributed by atoms with Crippen molar-refractivity contribution in [1.82, 2.24) is 28.9 Å². The van der Waals surface area contributed by atoms with Gasteiger partial charge in [-0.2, -0.15) is 15.8 Å². The second kappa shape index (κ2) is 21.5. The minimum atomic E-state index is 0.681. The smallest absolute Gasteiger partial charge is 0.0991 e. The van der Waals surface area contributed by atoms with E-state index in [1.54, 1.807) is 0 Å². The quantitative estimate of drug-likeness (QED) is 0.112. The highest BCUT2D eigenvalue weighted by molar-refractivity contribution is 5.72. The highest BCUT2D eigenvalue weighted by atomic mass is 15.2. The summed E-state index contributed by atoms with van der Waals surface area (Å²) in [7, 11) is 0. The molecule has 0 amide bonds. The second-order valence-corrected chi connectivity index (χ2v) is 17.8. The lowest BCUT2D eigenvalue weighted by atomic mass is 9.91. The van der Waals surface area contributed by atoms with Gasteiger partial charge in [0.25, 0.3) is 0 Å². The highest BCUT2D eigenvalue weighted by Gasteiger charge is 2.21. The van der Waals surface area contributed by atoms with Crippen LogP contribution in [0.1, 0.15) is 89.3 Å². The van der Waals surface area contributed by atoms with E-state index in [-0.39, 0.29) is 0 Å². The van der Waals surface area contributed by atoms with E-state index in [0.717, 1.165) is 77.2 Å². The van der Waals surface area contributed by atoms with Gasteiger partial charge >= 0.3 is 0 Å². The third kappa shape index (κ3) is 11.3. The number of rotatable bonds is 12. The number of hydrogen-bond donors (Lipinski definition) is 0. The van der Waals surface area contributed by atoms with Gasteiger partial charge in [0.05, 0.1) is 58.9 Å². The van der Waals surface area contributed by atoms with Crippen molar-refractivity contribution in [3.05, 3.63) is 248 Å². The Kier molecular flexibility index (Phi) is 14.2. The summed E-state index contributed by atoms with van der Waals surface area (Å²) < 4.78 is 4.40. The zero-order valence-electron chi connectivity index (χ0n) is 38.5. The molecule has 0 N–H and O–H groups in total. The molecule has 8 aromatic rings. The van der Waals surface area contributed by atoms with Crippen LogP contribution in [0.2, 0.25) is 0 Å². The van der Waals surface area contributed by atoms with E-state index in [1.165, 1.54) is 67.0 Å². The maximum atomic E-state index is 9.03. The van der Waals surface area contributed by atoms with Crippen LogP contribution in [0, 0.1) is 40.9 Å². The SMILES string of the molecule is Cc1cccc(C=Cc2cccc3c2CCN(Cc2cncn2Cc2ccc(C#N)cc2)C3)c1.N#Cc1ccc(Cc2cccc3c2CCN(Cc2cncn2Cc2ccc(C#N)cc2)C3)cc1. The molecule has 0 bridgehead atoms. The van der Waals surface area contributed by atoms with Crippen LogP contribution < -0.4 is 0 Å². The number of hydrogen-bond acceptors (Lipinski definition) is 7. The van der Waals surface area contributed by atoms with E-state index in [2.05, 4.69) is 139 Å². The third-order valence-corrected chi connectivity index (χ3v) is 13.0. The molecule has 334 valence electrons. The number of nitriles is 3. The van der Waals surface area contributed by atoms with Crippen molar-refractivity contribution in [2.24, 2.45) is 0 Å². The minimum Gasteiger partial charge on any atom is -0.329 e. The zero-order valence-corrected chi connectivity index (χ0v) is 38.5. The Balaban J connectivity index is 0.000000170. The summed E-state index contributed by atoms with van der Waals surface area (Å²) in [5.41, 5.74) is 19.0. The summed E-state index contributed by atoms with van der Waals surface area (Å²) in [5.74, 6) is 0. The van der Waals surface area contributed by atoms with Crippen molar-refractivity contribution >= 4 is 12.2 Å². The fourth-order valence-electron chi connectivity index (χ4n) is 9.38. The molecule has 0 saturated heterocycles. The second-order valence-electron chi connectivity index (χ2n) is 17.8. The van der Waals surface area contributed by atoms with E-state index in [0.29, 0.717) is 16.7 Å². The van der Waals surface area contributed by atoms with Crippen LogP contribution in [0.15, 0.2) is 159 Å². The van der Waals surface area contributed by atoms with Crippen LogP contribution in [0.3, 0.4) is 0 Å². The molecule has 0 fully saturated rings. The molecule has 9 heteroatoms. The Hall–Kier alpha value is -8.13. The molecular formula is C59H53N9. The first-order valence-corrected chi connectivity index (χ1v) is 23.2. The zero-order chi connectivity index (χ0) is 46.7. The van der Waals surface area contributed by atoms with E-state index >= 15 is 0 Å². The monoisotopic (exact) mass is 887 g/mol. The summed E-state index contributed by atoms with van der Waals surface area (Å²) in [6.07, 6.45) is 15.2. The fourth-order valence-corrected chi connectivity index (χ4v) is 9.38. The molecule has 6 aromatic carbocycles. The molecule has 9 nitrogen and oxygen atoms in total. The summed E-state index contributed by atoms with van der Waals surface area (Å²) in [6, 6.07) is 51.9. The molecule has 0 atom stereocenters. The molecule has 2 aliphatic heterocycles. The van der Waals surface area contributed by atoms with E-state index in [4.69, 9.17) is 15.8 Å². The largest absolute Gasteiger partial charge is 0.329 e. The van der Waals surface area contributed by atoms with E-state index in [9.17, 15) is 0 Å². The van der Waals surface area contributed by atoms with Gasteiger partial charge in [0.2, 0.25) is 0 Å². The number of benzene rings is 6. The molecule has 0 saturated carbocycles. The molecule has 10 rings (SSSR count). The molecule has 4 heterocycles. The normalized spacial score (nSPS) is 13.4. The number of nitrogens with zero attached hydrogens (tertiary/aromatic N) is 9. The van der Waals surface area contributed by atoms with Gasteiger partial charge in [0.1, 0.15) is 0 Å². The maximum absolute atomic E-state index is 9.03. The topological polar surface area (TPSA) is 113 Å². The summed E-state index contributed by atoms with van der Waals surface area (Å²) >= 11 is 0. The van der Waals surface area contributed by atoms with Crippen molar-refractivity contribution < 1.29 is 0 Å². The van der Waals surface area contributed by atoms with Gasteiger partial charge in [0, 0.05) is 64.8 Å². The van der Waals surface area contributed by atoms with Gasteiger partial charge in [0.15, 0.2) is 0 Å². The lowest BCUT2D eigenvalue weighted by Crippen LogP contribution is -2.31. The maximum Gasteiger partial charge on any atom is 0.0991 e. The van der Waals surface area contributed by atoms with Gasteiger partial charge in [-0.15, -0.1) is 0 Å². The molecule has 2 aromatic heterocycles. The molecule has 0 spiro atoms. The fraction of sp³-hybridized carbons (Fsp3) is 0.203. The molecule has 0 unspecified atom stereocenters. The van der Waals surface area contributed by atoms with Crippen LogP contribution in [0.4, 0.5) is 0 Å². The predicted molar refractivity (Wildman–Crippen MR) is 268 cm³/mol. The summed E-state index contributed by atoms with van der Waals surface area (Å²) in [4.78, 5) is 13.8. The van der Waals surface area contributed by atoms with Gasteiger partial charge in [-0.3, -0.25) is 9.80 Å². The van der Waals surface area contributed by atoms with Crippen molar-refractivity contribution in [3.8, 4) is 18.2 Å². The molecule has 0 radical (unpaired) electrons. The average Bonchev–Trinajstić information content (AvgIpc) is 4.01. The molecule has 2 aliphatic rings. The Labute approximate surface area is 399 Å². The Morgan fingerprint density at radius 3 is 1.57 bits per heavy atom. The number of aromatic nitrogens is 4. The van der Waals surface area contributed by atoms with E-state index in [1.807, 2.05) is 85.7 Å². The Morgan fingerprint density at radius 1 is 0.529 bits per heavy atom. The molecule has 0 aliphatic carbocycles. The number of fused-ring (bicyclic) bond motifs is 2. The van der Waals surface area contributed by atoms with Gasteiger partial charge in [-0.25, -0.2) is 9.97 Å². The Morgan fingerprint density at radius 2 is 1.03 bits per heavy atom. The third-order valence-electron chi connectivity index (χ3n) is 13.0. The van der Waals surface area contributed by atoms with Crippen LogP contribution >= 0.6 is 0 Å². The van der Waals surface area contributed by atoms with Crippen LogP contribution in [-0.2, 0) is 58.5 Å². The minimum absolute atomic E-state index is 0.681. The highest BCUT2D eigenvalue weighted by Crippen LogP contribution is 2.28. The van der Waals surface area contributed by atoms with E-state index < -0.39 is 0 Å². The summed E-state index contributed by atoms with van der Waals surface area (Å²) in [5, 5.41) is 27.1. The van der Waals surface area contributed by atoms with Crippen LogP contribution in [0.5, 0.6) is 0 Å². The molecule has 68 heavy (non-hydrogen) atoms. The number of imidazole rings is 2. The van der Waals surface area contributed by atoms with Crippen molar-refractivity contribution in [3.63, 3.8) is 0 Å². The standard InChI is InChI=1S/C30H28N4.C29H25N5/c1-23-4-2-5-24(16-23)12-13-27-6-3-7-28-20-33(15-14-30(27)28)21-29-18-32-22-34(29)19-26-10-8-25(17-31)9-11-26;30-15-23-6-4-22(5-7-23)14-26-2-1-3-27-19-33(13-12-29(26)27)20-28-17-32-21-34(28)18-25-10-8-24(16-31)9-11-25/h2-13,16,18,22H,14-15,19-21H2,1H3;1-11,17,21H,12-14,18-20H2. The lowest BCUT2D eigenvalue weighted by Gasteiger charge is -2.30. The van der Waals surface area contributed by atoms with Crippen molar-refractivity contribution in [1.29, 1.82) is 15.8 Å². The molecular weight excluding hydrogens is 835 g/mol. The number of aryl methyl sites for hydroxylation is 1. The average molecular weight is 888 g/mol. The van der Waals surface area contributed by atoms with Crippen LogP contribution in [0.25, 0.3) is 12.2 Å². The van der Waals surface area contributed by atoms with Crippen LogP contribution in [-0.4, -0.2) is 42.0 Å². The Bertz CT molecular complexity index is 3150. The van der Waals surface area contributed by atoms with Crippen molar-refractivity contribution in [2.45, 2.75) is 65.5 Å². The first-order valence-electron chi connectivity index (χ1n) is 23.2. The predicted octanol–water partition coefficient (Wildman–Crippen LogP) is 10.7. The van der Waals surface area contributed by atoms with Gasteiger partial charge in [-0.1, -0.05) is 115 Å².